The second kappa shape index (κ2) is 7.89. The van der Waals surface area contributed by atoms with Crippen molar-refractivity contribution in [1.82, 2.24) is 18.8 Å². The van der Waals surface area contributed by atoms with E-state index in [9.17, 15) is 8.42 Å². The third kappa shape index (κ3) is 3.95. The molecule has 3 aromatic rings. The van der Waals surface area contributed by atoms with E-state index in [-0.39, 0.29) is 0 Å². The maximum atomic E-state index is 13.1. The Balaban J connectivity index is 1.39. The molecule has 0 spiro atoms. The summed E-state index contributed by atoms with van der Waals surface area (Å²) in [6.45, 7) is 7.36. The number of hydrogen-bond acceptors (Lipinski definition) is 4. The second-order valence-corrected chi connectivity index (χ2v) is 9.81. The fraction of sp³-hybridized carbons (Fsp3) is 0.409. The molecule has 4 rings (SSSR count). The molecule has 0 atom stereocenters. The predicted molar refractivity (Wildman–Crippen MR) is 116 cm³/mol. The van der Waals surface area contributed by atoms with Crippen LogP contribution < -0.4 is 0 Å². The van der Waals surface area contributed by atoms with Gasteiger partial charge in [0.1, 0.15) is 5.65 Å². The van der Waals surface area contributed by atoms with Crippen molar-refractivity contribution < 1.29 is 8.42 Å². The summed E-state index contributed by atoms with van der Waals surface area (Å²) in [7, 11) is -1.41. The van der Waals surface area contributed by atoms with E-state index in [1.165, 1.54) is 10.9 Å². The lowest BCUT2D eigenvalue weighted by Gasteiger charge is -2.34. The number of rotatable bonds is 5. The van der Waals surface area contributed by atoms with E-state index < -0.39 is 10.0 Å². The van der Waals surface area contributed by atoms with E-state index in [4.69, 9.17) is 0 Å². The summed E-state index contributed by atoms with van der Waals surface area (Å²) in [5, 5.41) is 1.20. The van der Waals surface area contributed by atoms with Crippen LogP contribution in [0.25, 0.3) is 11.0 Å². The Morgan fingerprint density at radius 3 is 2.55 bits per heavy atom. The van der Waals surface area contributed by atoms with Gasteiger partial charge in [-0.15, -0.1) is 0 Å². The van der Waals surface area contributed by atoms with Crippen LogP contribution in [0.15, 0.2) is 47.6 Å². The molecule has 0 unspecified atom stereocenters. The zero-order valence-electron chi connectivity index (χ0n) is 17.3. The van der Waals surface area contributed by atoms with Crippen molar-refractivity contribution in [3.8, 4) is 0 Å². The Bertz CT molecular complexity index is 1130. The molecule has 0 amide bonds. The number of piperazine rings is 1. The molecule has 0 radical (unpaired) electrons. The molecule has 6 nitrogen and oxygen atoms in total. The van der Waals surface area contributed by atoms with Crippen molar-refractivity contribution in [1.29, 1.82) is 0 Å². The molecule has 1 saturated heterocycles. The molecule has 1 aromatic carbocycles. The minimum atomic E-state index is -3.43. The van der Waals surface area contributed by atoms with Gasteiger partial charge in [-0.25, -0.2) is 13.4 Å². The third-order valence-electron chi connectivity index (χ3n) is 5.79. The van der Waals surface area contributed by atoms with Crippen molar-refractivity contribution >= 4 is 21.1 Å². The molecule has 1 aliphatic heterocycles. The Hall–Kier alpha value is -2.22. The number of aryl methyl sites for hydroxylation is 3. The van der Waals surface area contributed by atoms with E-state index in [1.807, 2.05) is 45.3 Å². The van der Waals surface area contributed by atoms with E-state index >= 15 is 0 Å². The van der Waals surface area contributed by atoms with Gasteiger partial charge in [-0.3, -0.25) is 0 Å². The molecule has 3 heterocycles. The molecule has 1 aliphatic rings. The summed E-state index contributed by atoms with van der Waals surface area (Å²) >= 11 is 0. The molecule has 7 heteroatoms. The highest BCUT2D eigenvalue weighted by molar-refractivity contribution is 7.89. The van der Waals surface area contributed by atoms with Gasteiger partial charge in [0.15, 0.2) is 0 Å². The third-order valence-corrected chi connectivity index (χ3v) is 7.85. The van der Waals surface area contributed by atoms with E-state index in [0.717, 1.165) is 42.8 Å². The number of nitrogens with zero attached hydrogens (tertiary/aromatic N) is 4. The zero-order chi connectivity index (χ0) is 20.6. The summed E-state index contributed by atoms with van der Waals surface area (Å²) in [5.74, 6) is 0. The lowest BCUT2D eigenvalue weighted by atomic mass is 10.1. The number of fused-ring (bicyclic) bond motifs is 1. The Labute approximate surface area is 172 Å². The maximum Gasteiger partial charge on any atom is 0.243 e. The Kier molecular flexibility index (Phi) is 5.46. The summed E-state index contributed by atoms with van der Waals surface area (Å²) in [6, 6.07) is 9.63. The summed E-state index contributed by atoms with van der Waals surface area (Å²) in [4.78, 5) is 7.23. The highest BCUT2D eigenvalue weighted by atomic mass is 32.2. The lowest BCUT2D eigenvalue weighted by Crippen LogP contribution is -2.49. The molecule has 0 N–H and O–H groups in total. The minimum absolute atomic E-state index is 0.430. The van der Waals surface area contributed by atoms with E-state index in [0.29, 0.717) is 18.0 Å². The lowest BCUT2D eigenvalue weighted by molar-refractivity contribution is 0.190. The molecular weight excluding hydrogens is 384 g/mol. The number of sulfonamides is 1. The molecule has 2 aromatic heterocycles. The van der Waals surface area contributed by atoms with Crippen molar-refractivity contribution in [3.63, 3.8) is 0 Å². The SMILES string of the molecule is Cc1ccc(S(=O)(=O)N2CCN(CCc3cn(C)c4ncccc34)CC2)c(C)c1. The van der Waals surface area contributed by atoms with Crippen LogP contribution in [0, 0.1) is 13.8 Å². The number of hydrogen-bond donors (Lipinski definition) is 0. The maximum absolute atomic E-state index is 13.1. The van der Waals surface area contributed by atoms with Gasteiger partial charge >= 0.3 is 0 Å². The number of pyridine rings is 1. The second-order valence-electron chi connectivity index (χ2n) is 7.90. The number of aromatic nitrogens is 2. The van der Waals surface area contributed by atoms with Crippen LogP contribution in [0.3, 0.4) is 0 Å². The van der Waals surface area contributed by atoms with E-state index in [1.54, 1.807) is 10.4 Å². The smallest absolute Gasteiger partial charge is 0.243 e. The predicted octanol–water partition coefficient (Wildman–Crippen LogP) is 2.74. The molecule has 0 saturated carbocycles. The van der Waals surface area contributed by atoms with Crippen molar-refractivity contribution in [3.05, 3.63) is 59.4 Å². The van der Waals surface area contributed by atoms with Gasteiger partial charge in [0, 0.05) is 57.6 Å². The topological polar surface area (TPSA) is 58.4 Å². The fourth-order valence-electron chi connectivity index (χ4n) is 4.19. The Morgan fingerprint density at radius 1 is 1.07 bits per heavy atom. The van der Waals surface area contributed by atoms with Gasteiger partial charge in [0.25, 0.3) is 0 Å². The van der Waals surface area contributed by atoms with Crippen LogP contribution in [0.1, 0.15) is 16.7 Å². The molecule has 29 heavy (non-hydrogen) atoms. The normalized spacial score (nSPS) is 16.5. The average Bonchev–Trinajstić information content (AvgIpc) is 3.02. The zero-order valence-corrected chi connectivity index (χ0v) is 18.1. The van der Waals surface area contributed by atoms with Crippen LogP contribution in [0.4, 0.5) is 0 Å². The van der Waals surface area contributed by atoms with Crippen molar-refractivity contribution in [2.24, 2.45) is 7.05 Å². The minimum Gasteiger partial charge on any atom is -0.335 e. The molecule has 0 bridgehead atoms. The van der Waals surface area contributed by atoms with Crippen LogP contribution in [0.5, 0.6) is 0 Å². The monoisotopic (exact) mass is 412 g/mol. The highest BCUT2D eigenvalue weighted by Crippen LogP contribution is 2.23. The van der Waals surface area contributed by atoms with Crippen LogP contribution >= 0.6 is 0 Å². The van der Waals surface area contributed by atoms with Gasteiger partial charge in [-0.05, 0) is 49.6 Å². The molecule has 154 valence electrons. The van der Waals surface area contributed by atoms with Gasteiger partial charge in [0.05, 0.1) is 4.90 Å². The summed E-state index contributed by atoms with van der Waals surface area (Å²) in [6.07, 6.45) is 4.91. The first kappa shape index (κ1) is 20.1. The van der Waals surface area contributed by atoms with Crippen LogP contribution in [0.2, 0.25) is 0 Å². The number of benzene rings is 1. The Morgan fingerprint density at radius 2 is 1.83 bits per heavy atom. The average molecular weight is 413 g/mol. The standard InChI is InChI=1S/C22H28N4O2S/c1-17-6-7-21(18(2)15-17)29(27,28)26-13-11-25(12-14-26)10-8-19-16-24(3)22-20(19)5-4-9-23-22/h4-7,9,15-16H,8,10-14H2,1-3H3. The van der Waals surface area contributed by atoms with Crippen molar-refractivity contribution in [2.45, 2.75) is 25.2 Å². The summed E-state index contributed by atoms with van der Waals surface area (Å²) in [5.41, 5.74) is 4.19. The van der Waals surface area contributed by atoms with Gasteiger partial charge in [0.2, 0.25) is 10.0 Å². The van der Waals surface area contributed by atoms with Gasteiger partial charge < -0.3 is 9.47 Å². The first-order chi connectivity index (χ1) is 13.9. The summed E-state index contributed by atoms with van der Waals surface area (Å²) < 4.78 is 29.8. The quantitative estimate of drug-likeness (QED) is 0.647. The highest BCUT2D eigenvalue weighted by Gasteiger charge is 2.29. The first-order valence-electron chi connectivity index (χ1n) is 10.0. The van der Waals surface area contributed by atoms with Gasteiger partial charge in [-0.1, -0.05) is 17.7 Å². The molecular formula is C22H28N4O2S. The van der Waals surface area contributed by atoms with Gasteiger partial charge in [-0.2, -0.15) is 4.31 Å². The molecule has 0 aliphatic carbocycles. The first-order valence-corrected chi connectivity index (χ1v) is 11.5. The van der Waals surface area contributed by atoms with E-state index in [2.05, 4.69) is 26.7 Å². The fourth-order valence-corrected chi connectivity index (χ4v) is 5.82. The largest absolute Gasteiger partial charge is 0.335 e. The van der Waals surface area contributed by atoms with Crippen LogP contribution in [-0.2, 0) is 23.5 Å². The van der Waals surface area contributed by atoms with Crippen LogP contribution in [-0.4, -0.2) is 59.9 Å². The van der Waals surface area contributed by atoms with Crippen molar-refractivity contribution in [2.75, 3.05) is 32.7 Å². The molecule has 1 fully saturated rings.